The summed E-state index contributed by atoms with van der Waals surface area (Å²) in [5, 5.41) is 13.2. The highest BCUT2D eigenvalue weighted by molar-refractivity contribution is 5.04. The molecule has 0 aliphatic carbocycles. The molecule has 1 heterocycles. The number of aryl methyl sites for hydroxylation is 1. The Hall–Kier alpha value is -0.990. The molecule has 0 aliphatic heterocycles. The molecule has 0 amide bonds. The molecule has 0 N–H and O–H groups in total. The third-order valence-electron chi connectivity index (χ3n) is 0.606. The first kappa shape index (κ1) is 4.18. The van der Waals surface area contributed by atoms with E-state index in [2.05, 4.69) is 9.68 Å². The molecule has 7 heavy (non-hydrogen) atoms. The summed E-state index contributed by atoms with van der Waals surface area (Å²) in [6.45, 7) is 1.67. The molecule has 38 valence electrons. The summed E-state index contributed by atoms with van der Waals surface area (Å²) in [6, 6.07) is 1.33. The summed E-state index contributed by atoms with van der Waals surface area (Å²) in [6.07, 6.45) is 0. The lowest BCUT2D eigenvalue weighted by Gasteiger charge is -1.85. The van der Waals surface area contributed by atoms with Crippen molar-refractivity contribution < 1.29 is 9.63 Å². The highest BCUT2D eigenvalue weighted by atomic mass is 16.5. The van der Waals surface area contributed by atoms with Crippen molar-refractivity contribution in [2.24, 2.45) is 0 Å². The third-order valence-corrected chi connectivity index (χ3v) is 0.606. The number of hydrogen-bond donors (Lipinski definition) is 0. The summed E-state index contributed by atoms with van der Waals surface area (Å²) in [5.74, 6) is 0.252. The van der Waals surface area contributed by atoms with Crippen LogP contribution in [0, 0.1) is 6.92 Å². The molecule has 0 radical (unpaired) electrons. The van der Waals surface area contributed by atoms with Crippen LogP contribution in [0.4, 0.5) is 0 Å². The molecule has 1 rings (SSSR count). The normalized spacial score (nSPS) is 9.29. The van der Waals surface area contributed by atoms with E-state index in [1.165, 1.54) is 6.07 Å². The molecule has 0 atom stereocenters. The molecular weight excluding hydrogens is 94.0 g/mol. The van der Waals surface area contributed by atoms with Gasteiger partial charge in [0, 0.05) is 5.88 Å². The van der Waals surface area contributed by atoms with Crippen molar-refractivity contribution in [2.45, 2.75) is 6.92 Å². The van der Waals surface area contributed by atoms with Gasteiger partial charge < -0.3 is 9.63 Å². The number of rotatable bonds is 0. The Kier molecular flexibility index (Phi) is 0.749. The molecule has 1 aromatic heterocycles. The molecule has 3 heteroatoms. The van der Waals surface area contributed by atoms with Gasteiger partial charge >= 0.3 is 0 Å². The van der Waals surface area contributed by atoms with Crippen molar-refractivity contribution in [1.82, 2.24) is 5.16 Å². The van der Waals surface area contributed by atoms with E-state index in [-0.39, 0.29) is 5.88 Å². The van der Waals surface area contributed by atoms with Gasteiger partial charge in [-0.1, -0.05) is 5.16 Å². The Balaban J connectivity index is 3.04. The van der Waals surface area contributed by atoms with Crippen LogP contribution in [0.1, 0.15) is 5.76 Å². The lowest BCUT2D eigenvalue weighted by atomic mass is 10.5. The molecule has 0 saturated carbocycles. The lowest BCUT2D eigenvalue weighted by molar-refractivity contribution is -0.277. The first-order valence-electron chi connectivity index (χ1n) is 1.89. The number of hydrogen-bond acceptors (Lipinski definition) is 3. The van der Waals surface area contributed by atoms with Crippen molar-refractivity contribution in [3.63, 3.8) is 0 Å². The standard InChI is InChI=1S/C4H5NO2/c1-3-2-4(6)5-7-3/h2H,1H3,(H,5,6)/p-1. The Labute approximate surface area is 40.6 Å². The molecular formula is C4H4NO2-. The smallest absolute Gasteiger partial charge is 0.132 e. The maximum Gasteiger partial charge on any atom is 0.132 e. The van der Waals surface area contributed by atoms with Crippen LogP contribution in [0.5, 0.6) is 5.88 Å². The number of aromatic nitrogens is 1. The van der Waals surface area contributed by atoms with Crippen LogP contribution in [0.15, 0.2) is 10.6 Å². The maximum atomic E-state index is 10.1. The third kappa shape index (κ3) is 0.707. The van der Waals surface area contributed by atoms with Crippen LogP contribution in [0.2, 0.25) is 0 Å². The summed E-state index contributed by atoms with van der Waals surface area (Å²) in [5.41, 5.74) is 0. The average Bonchev–Trinajstić information content (AvgIpc) is 1.87. The van der Waals surface area contributed by atoms with Gasteiger partial charge in [-0.25, -0.2) is 0 Å². The SMILES string of the molecule is Cc1cc([O-])no1. The van der Waals surface area contributed by atoms with Crippen molar-refractivity contribution in [2.75, 3.05) is 0 Å². The first-order valence-corrected chi connectivity index (χ1v) is 1.89. The molecule has 0 bridgehead atoms. The molecule has 0 aliphatic rings. The zero-order valence-electron chi connectivity index (χ0n) is 3.84. The topological polar surface area (TPSA) is 49.1 Å². The van der Waals surface area contributed by atoms with Gasteiger partial charge in [0.1, 0.15) is 5.76 Å². The molecule has 0 unspecified atom stereocenters. The Morgan fingerprint density at radius 2 is 2.57 bits per heavy atom. The van der Waals surface area contributed by atoms with Crippen molar-refractivity contribution in [3.05, 3.63) is 11.8 Å². The highest BCUT2D eigenvalue weighted by Crippen LogP contribution is 2.01. The van der Waals surface area contributed by atoms with Crippen molar-refractivity contribution in [1.29, 1.82) is 0 Å². The van der Waals surface area contributed by atoms with E-state index in [1.54, 1.807) is 6.92 Å². The maximum absolute atomic E-state index is 10.1. The van der Waals surface area contributed by atoms with Crippen LogP contribution >= 0.6 is 0 Å². The minimum atomic E-state index is -0.308. The van der Waals surface area contributed by atoms with Crippen LogP contribution in [0.3, 0.4) is 0 Å². The molecule has 0 saturated heterocycles. The summed E-state index contributed by atoms with van der Waals surface area (Å²) in [7, 11) is 0. The van der Waals surface area contributed by atoms with Gasteiger partial charge in [0.05, 0.1) is 0 Å². The second kappa shape index (κ2) is 1.26. The quantitative estimate of drug-likeness (QED) is 0.461. The van der Waals surface area contributed by atoms with E-state index in [4.69, 9.17) is 0 Å². The van der Waals surface area contributed by atoms with Crippen LogP contribution in [-0.4, -0.2) is 5.16 Å². The molecule has 0 fully saturated rings. The summed E-state index contributed by atoms with van der Waals surface area (Å²) >= 11 is 0. The predicted molar refractivity (Wildman–Crippen MR) is 20.7 cm³/mol. The average molecular weight is 98.1 g/mol. The second-order valence-corrected chi connectivity index (χ2v) is 1.28. The molecule has 1 aromatic rings. The van der Waals surface area contributed by atoms with Gasteiger partial charge in [0.2, 0.25) is 0 Å². The van der Waals surface area contributed by atoms with Crippen molar-refractivity contribution >= 4 is 0 Å². The summed E-state index contributed by atoms with van der Waals surface area (Å²) < 4.78 is 4.40. The van der Waals surface area contributed by atoms with E-state index < -0.39 is 0 Å². The van der Waals surface area contributed by atoms with Crippen LogP contribution < -0.4 is 5.11 Å². The first-order chi connectivity index (χ1) is 3.29. The summed E-state index contributed by atoms with van der Waals surface area (Å²) in [4.78, 5) is 0. The fourth-order valence-electron chi connectivity index (χ4n) is 0.344. The van der Waals surface area contributed by atoms with Gasteiger partial charge in [0.25, 0.3) is 0 Å². The van der Waals surface area contributed by atoms with Gasteiger partial charge in [0.15, 0.2) is 0 Å². The van der Waals surface area contributed by atoms with E-state index in [0.717, 1.165) is 0 Å². The Morgan fingerprint density at radius 1 is 1.86 bits per heavy atom. The van der Waals surface area contributed by atoms with Gasteiger partial charge in [-0.05, 0) is 13.0 Å². The fraction of sp³-hybridized carbons (Fsp3) is 0.250. The Bertz CT molecular complexity index is 142. The van der Waals surface area contributed by atoms with Crippen molar-refractivity contribution in [3.8, 4) is 5.88 Å². The monoisotopic (exact) mass is 98.0 g/mol. The fourth-order valence-corrected chi connectivity index (χ4v) is 0.344. The van der Waals surface area contributed by atoms with E-state index in [0.29, 0.717) is 5.76 Å². The zero-order valence-corrected chi connectivity index (χ0v) is 3.84. The van der Waals surface area contributed by atoms with E-state index >= 15 is 0 Å². The minimum absolute atomic E-state index is 0.308. The minimum Gasteiger partial charge on any atom is -0.856 e. The van der Waals surface area contributed by atoms with E-state index in [9.17, 15) is 5.11 Å². The van der Waals surface area contributed by atoms with Gasteiger partial charge in [-0.2, -0.15) is 0 Å². The van der Waals surface area contributed by atoms with Crippen LogP contribution in [0.25, 0.3) is 0 Å². The number of nitrogens with zero attached hydrogens (tertiary/aromatic N) is 1. The molecule has 3 nitrogen and oxygen atoms in total. The zero-order chi connectivity index (χ0) is 5.28. The van der Waals surface area contributed by atoms with Gasteiger partial charge in [-0.15, -0.1) is 0 Å². The highest BCUT2D eigenvalue weighted by Gasteiger charge is 1.83. The van der Waals surface area contributed by atoms with Gasteiger partial charge in [-0.3, -0.25) is 0 Å². The lowest BCUT2D eigenvalue weighted by Crippen LogP contribution is -1.86. The predicted octanol–water partition coefficient (Wildman–Crippen LogP) is 0.0566. The van der Waals surface area contributed by atoms with E-state index in [1.807, 2.05) is 0 Å². The Morgan fingerprint density at radius 3 is 2.71 bits per heavy atom. The second-order valence-electron chi connectivity index (χ2n) is 1.28. The molecule has 0 aromatic carbocycles. The largest absolute Gasteiger partial charge is 0.856 e. The molecule has 0 spiro atoms. The van der Waals surface area contributed by atoms with Crippen LogP contribution in [-0.2, 0) is 0 Å².